The average molecular weight is 347 g/mol. The average Bonchev–Trinajstić information content (AvgIpc) is 3.16. The Bertz CT molecular complexity index is 829. The SMILES string of the molecule is C=CCOc1c(-c2ccccc2)cc(C)cc1[Si](C)(C)C1=CC=CC1. The third-order valence-electron chi connectivity index (χ3n) is 4.91. The first-order chi connectivity index (χ1) is 12.0. The molecule has 2 aromatic carbocycles. The molecule has 0 amide bonds. The Morgan fingerprint density at radius 1 is 1.16 bits per heavy atom. The maximum Gasteiger partial charge on any atom is 0.127 e. The highest BCUT2D eigenvalue weighted by molar-refractivity contribution is 6.96. The normalized spacial score (nSPS) is 13.6. The monoisotopic (exact) mass is 346 g/mol. The van der Waals surface area contributed by atoms with E-state index < -0.39 is 8.07 Å². The lowest BCUT2D eigenvalue weighted by molar-refractivity contribution is 0.367. The molecule has 1 aliphatic rings. The van der Waals surface area contributed by atoms with Crippen molar-refractivity contribution in [3.05, 3.63) is 84.1 Å². The van der Waals surface area contributed by atoms with E-state index in [1.165, 1.54) is 21.9 Å². The molecule has 0 unspecified atom stereocenters. The van der Waals surface area contributed by atoms with E-state index >= 15 is 0 Å². The lowest BCUT2D eigenvalue weighted by Gasteiger charge is -2.29. The fourth-order valence-corrected chi connectivity index (χ4v) is 6.30. The molecular weight excluding hydrogens is 320 g/mol. The maximum atomic E-state index is 6.24. The third kappa shape index (κ3) is 3.54. The molecule has 0 aliphatic heterocycles. The molecule has 0 spiro atoms. The van der Waals surface area contributed by atoms with Gasteiger partial charge in [0, 0.05) is 5.56 Å². The van der Waals surface area contributed by atoms with Crippen molar-refractivity contribution < 1.29 is 4.74 Å². The van der Waals surface area contributed by atoms with Gasteiger partial charge in [-0.1, -0.05) is 91.1 Å². The first-order valence-electron chi connectivity index (χ1n) is 8.84. The number of hydrogen-bond donors (Lipinski definition) is 0. The van der Waals surface area contributed by atoms with E-state index in [0.717, 1.165) is 12.2 Å². The molecule has 0 heterocycles. The third-order valence-corrected chi connectivity index (χ3v) is 8.61. The highest BCUT2D eigenvalue weighted by Gasteiger charge is 2.33. The maximum absolute atomic E-state index is 6.24. The molecule has 1 nitrogen and oxygen atoms in total. The minimum Gasteiger partial charge on any atom is -0.489 e. The van der Waals surface area contributed by atoms with Crippen LogP contribution < -0.4 is 9.92 Å². The minimum atomic E-state index is -1.80. The number of aryl methyl sites for hydroxylation is 1. The molecule has 0 N–H and O–H groups in total. The van der Waals surface area contributed by atoms with Crippen LogP contribution in [-0.4, -0.2) is 14.7 Å². The van der Waals surface area contributed by atoms with Gasteiger partial charge >= 0.3 is 0 Å². The molecule has 0 fully saturated rings. The second-order valence-corrected chi connectivity index (χ2v) is 11.5. The van der Waals surface area contributed by atoms with Crippen LogP contribution in [0.2, 0.25) is 13.1 Å². The summed E-state index contributed by atoms with van der Waals surface area (Å²) in [6.45, 7) is 11.4. The number of allylic oxidation sites excluding steroid dienone is 4. The van der Waals surface area contributed by atoms with E-state index in [1.54, 1.807) is 5.20 Å². The first kappa shape index (κ1) is 17.5. The van der Waals surface area contributed by atoms with E-state index in [9.17, 15) is 0 Å². The Morgan fingerprint density at radius 2 is 1.92 bits per heavy atom. The quantitative estimate of drug-likeness (QED) is 0.491. The van der Waals surface area contributed by atoms with Crippen molar-refractivity contribution in [2.45, 2.75) is 26.4 Å². The van der Waals surface area contributed by atoms with Gasteiger partial charge in [-0.15, -0.1) is 0 Å². The summed E-state index contributed by atoms with van der Waals surface area (Å²) in [5.41, 5.74) is 3.67. The van der Waals surface area contributed by atoms with Gasteiger partial charge in [0.15, 0.2) is 0 Å². The summed E-state index contributed by atoms with van der Waals surface area (Å²) < 4.78 is 6.24. The zero-order valence-corrected chi connectivity index (χ0v) is 16.4. The molecular formula is C23H26OSi. The molecule has 0 radical (unpaired) electrons. The lowest BCUT2D eigenvalue weighted by atomic mass is 10.0. The molecule has 25 heavy (non-hydrogen) atoms. The van der Waals surface area contributed by atoms with Crippen LogP contribution in [0.15, 0.2) is 78.5 Å². The van der Waals surface area contributed by atoms with E-state index in [0.29, 0.717) is 6.61 Å². The zero-order chi connectivity index (χ0) is 17.9. The fourth-order valence-electron chi connectivity index (χ4n) is 3.45. The summed E-state index contributed by atoms with van der Waals surface area (Å²) in [5.74, 6) is 1.03. The zero-order valence-electron chi connectivity index (χ0n) is 15.4. The molecule has 128 valence electrons. The molecule has 2 heteroatoms. The predicted molar refractivity (Wildman–Crippen MR) is 111 cm³/mol. The fraction of sp³-hybridized carbons (Fsp3) is 0.217. The highest BCUT2D eigenvalue weighted by atomic mass is 28.3. The van der Waals surface area contributed by atoms with E-state index in [1.807, 2.05) is 6.08 Å². The van der Waals surface area contributed by atoms with Gasteiger partial charge < -0.3 is 4.74 Å². The van der Waals surface area contributed by atoms with Crippen LogP contribution in [0.25, 0.3) is 11.1 Å². The van der Waals surface area contributed by atoms with Gasteiger partial charge in [0.1, 0.15) is 20.4 Å². The van der Waals surface area contributed by atoms with Crippen LogP contribution in [0.1, 0.15) is 12.0 Å². The molecule has 0 bridgehead atoms. The van der Waals surface area contributed by atoms with Crippen LogP contribution in [0.4, 0.5) is 0 Å². The van der Waals surface area contributed by atoms with Crippen LogP contribution in [0.5, 0.6) is 5.75 Å². The predicted octanol–water partition coefficient (Wildman–Crippen LogP) is 5.57. The second kappa shape index (κ2) is 7.28. The van der Waals surface area contributed by atoms with Crippen molar-refractivity contribution in [1.29, 1.82) is 0 Å². The summed E-state index contributed by atoms with van der Waals surface area (Å²) in [5, 5.41) is 2.93. The molecule has 1 aliphatic carbocycles. The van der Waals surface area contributed by atoms with Crippen LogP contribution in [0.3, 0.4) is 0 Å². The van der Waals surface area contributed by atoms with Crippen molar-refractivity contribution in [1.82, 2.24) is 0 Å². The number of rotatable bonds is 6. The van der Waals surface area contributed by atoms with Crippen molar-refractivity contribution in [2.75, 3.05) is 6.61 Å². The Morgan fingerprint density at radius 3 is 2.56 bits per heavy atom. The van der Waals surface area contributed by atoms with Crippen molar-refractivity contribution in [3.8, 4) is 16.9 Å². The number of benzene rings is 2. The Kier molecular flexibility index (Phi) is 5.10. The van der Waals surface area contributed by atoms with Crippen molar-refractivity contribution >= 4 is 13.3 Å². The van der Waals surface area contributed by atoms with Gasteiger partial charge in [0.05, 0.1) is 0 Å². The van der Waals surface area contributed by atoms with Gasteiger partial charge in [-0.3, -0.25) is 0 Å². The lowest BCUT2D eigenvalue weighted by Crippen LogP contribution is -2.44. The Balaban J connectivity index is 2.20. The van der Waals surface area contributed by atoms with Crippen LogP contribution >= 0.6 is 0 Å². The minimum absolute atomic E-state index is 0.525. The molecule has 0 saturated carbocycles. The standard InChI is InChI=1S/C23H26OSi/c1-5-15-24-23-21(19-11-7-6-8-12-19)16-18(2)17-22(23)25(3,4)20-13-9-10-14-20/h5-13,16-17H,1,14-15H2,2-4H3. The van der Waals surface area contributed by atoms with E-state index in [-0.39, 0.29) is 0 Å². The Hall–Kier alpha value is -2.32. The second-order valence-electron chi connectivity index (χ2n) is 7.10. The van der Waals surface area contributed by atoms with Gasteiger partial charge in [0.2, 0.25) is 0 Å². The Labute approximate surface area is 152 Å². The molecule has 3 rings (SSSR count). The molecule has 0 aromatic heterocycles. The van der Waals surface area contributed by atoms with Crippen LogP contribution in [0, 0.1) is 6.92 Å². The molecule has 0 saturated heterocycles. The van der Waals surface area contributed by atoms with Gasteiger partial charge in [-0.2, -0.15) is 0 Å². The van der Waals surface area contributed by atoms with Gasteiger partial charge in [-0.05, 0) is 30.2 Å². The first-order valence-corrected chi connectivity index (χ1v) is 11.8. The summed E-state index contributed by atoms with van der Waals surface area (Å²) in [4.78, 5) is 0. The van der Waals surface area contributed by atoms with E-state index in [2.05, 4.69) is 87.3 Å². The summed E-state index contributed by atoms with van der Waals surface area (Å²) >= 11 is 0. The highest BCUT2D eigenvalue weighted by Crippen LogP contribution is 2.34. The van der Waals surface area contributed by atoms with E-state index in [4.69, 9.17) is 4.74 Å². The molecule has 0 atom stereocenters. The summed E-state index contributed by atoms with van der Waals surface area (Å²) in [7, 11) is -1.80. The van der Waals surface area contributed by atoms with Crippen molar-refractivity contribution in [2.24, 2.45) is 0 Å². The van der Waals surface area contributed by atoms with Gasteiger partial charge in [-0.25, -0.2) is 0 Å². The van der Waals surface area contributed by atoms with Gasteiger partial charge in [0.25, 0.3) is 0 Å². The smallest absolute Gasteiger partial charge is 0.127 e. The summed E-state index contributed by atoms with van der Waals surface area (Å²) in [6, 6.07) is 15.1. The van der Waals surface area contributed by atoms with Crippen LogP contribution in [-0.2, 0) is 0 Å². The largest absolute Gasteiger partial charge is 0.489 e. The van der Waals surface area contributed by atoms with Crippen molar-refractivity contribution in [3.63, 3.8) is 0 Å². The molecule has 2 aromatic rings. The number of hydrogen-bond acceptors (Lipinski definition) is 1. The number of ether oxygens (including phenoxy) is 1. The topological polar surface area (TPSA) is 9.23 Å². The summed E-state index contributed by atoms with van der Waals surface area (Å²) in [6.07, 6.45) is 9.62.